The first-order valence-corrected chi connectivity index (χ1v) is 27.1. The summed E-state index contributed by atoms with van der Waals surface area (Å²) in [4.78, 5) is 11.7. The van der Waals surface area contributed by atoms with Crippen LogP contribution < -0.4 is 14.2 Å². The van der Waals surface area contributed by atoms with E-state index in [0.717, 1.165) is 59.3 Å². The van der Waals surface area contributed by atoms with E-state index in [1.807, 2.05) is 24.3 Å². The Kier molecular flexibility index (Phi) is 15.7. The van der Waals surface area contributed by atoms with Gasteiger partial charge in [0.25, 0.3) is 0 Å². The standard InChI is InChI=1S/C26H36ClNOSSi.C20H32O3Si/c1-26(2,3)31(4,5)29-24-15-13-21(14-16-24)20-11-9-19(10-12-20)17-25(30)28-23-8-6-7-22(27)18-23;1-20(2,3)24(4,5)23-18-12-10-17(11-13-18)16-8-6-15(7-9-16)14-19(21)22/h6-8,13-16,18-20H,9-12,17H2,1-5H3,(H,28,30);10-13,15-16H,6-9,14H2,1-5H3,(H,21,22). The Hall–Kier alpha value is -2.66. The molecule has 0 spiro atoms. The highest BCUT2D eigenvalue weighted by molar-refractivity contribution is 7.80. The molecule has 3 aromatic rings. The van der Waals surface area contributed by atoms with Crippen molar-refractivity contribution in [2.75, 3.05) is 5.32 Å². The molecule has 0 amide bonds. The number of nitrogens with one attached hydrogen (secondary N) is 1. The molecule has 0 aliphatic heterocycles. The number of carbonyl (C=O) groups is 1. The molecule has 302 valence electrons. The molecule has 0 atom stereocenters. The van der Waals surface area contributed by atoms with Gasteiger partial charge in [-0.05, 0) is 165 Å². The zero-order valence-corrected chi connectivity index (χ0v) is 38.8. The van der Waals surface area contributed by atoms with E-state index < -0.39 is 22.6 Å². The van der Waals surface area contributed by atoms with Crippen molar-refractivity contribution in [3.8, 4) is 11.5 Å². The average Bonchev–Trinajstić information content (AvgIpc) is 3.08. The number of hydrogen-bond acceptors (Lipinski definition) is 4. The van der Waals surface area contributed by atoms with Crippen molar-refractivity contribution in [3.05, 3.63) is 88.9 Å². The molecule has 2 aliphatic carbocycles. The molecular formula is C46H68ClNO4SSi2. The Labute approximate surface area is 345 Å². The predicted molar refractivity (Wildman–Crippen MR) is 242 cm³/mol. The maximum atomic E-state index is 10.8. The molecule has 5 nitrogen and oxygen atoms in total. The maximum absolute atomic E-state index is 10.8. The number of rotatable bonds is 11. The number of anilines is 1. The number of thiocarbonyl (C=S) groups is 1. The van der Waals surface area contributed by atoms with Crippen molar-refractivity contribution in [1.29, 1.82) is 0 Å². The molecular weight excluding hydrogens is 754 g/mol. The predicted octanol–water partition coefficient (Wildman–Crippen LogP) is 14.6. The number of carboxylic acids is 1. The lowest BCUT2D eigenvalue weighted by atomic mass is 9.77. The second-order valence-electron chi connectivity index (χ2n) is 19.2. The van der Waals surface area contributed by atoms with E-state index in [2.05, 4.69) is 122 Å². The highest BCUT2D eigenvalue weighted by Gasteiger charge is 2.40. The smallest absolute Gasteiger partial charge is 0.303 e. The SMILES string of the molecule is CC(C)(C)[Si](C)(C)Oc1ccc(C2CCC(CC(=O)O)CC2)cc1.CC(C)(C)[Si](C)(C)Oc1ccc(C2CCC(CC(=S)Nc3cccc(Cl)c3)CC2)cc1. The van der Waals surface area contributed by atoms with Crippen molar-refractivity contribution in [2.45, 2.75) is 154 Å². The number of halogens is 1. The maximum Gasteiger partial charge on any atom is 0.303 e. The molecule has 0 unspecified atom stereocenters. The topological polar surface area (TPSA) is 67.8 Å². The van der Waals surface area contributed by atoms with E-state index in [0.29, 0.717) is 30.1 Å². The van der Waals surface area contributed by atoms with Gasteiger partial charge in [-0.15, -0.1) is 0 Å². The fourth-order valence-corrected chi connectivity index (χ4v) is 9.81. The third-order valence-corrected chi connectivity index (χ3v) is 22.0. The largest absolute Gasteiger partial charge is 0.544 e. The van der Waals surface area contributed by atoms with Crippen LogP contribution in [0.4, 0.5) is 5.69 Å². The first-order chi connectivity index (χ1) is 25.6. The molecule has 2 aliphatic rings. The lowest BCUT2D eigenvalue weighted by Gasteiger charge is -2.36. The van der Waals surface area contributed by atoms with E-state index in [9.17, 15) is 4.79 Å². The Balaban J connectivity index is 0.000000253. The fraction of sp³-hybridized carbons (Fsp3) is 0.565. The second-order valence-corrected chi connectivity index (χ2v) is 29.5. The minimum Gasteiger partial charge on any atom is -0.544 e. The Bertz CT molecular complexity index is 1680. The molecule has 3 aromatic carbocycles. The van der Waals surface area contributed by atoms with Crippen LogP contribution >= 0.6 is 23.8 Å². The highest BCUT2D eigenvalue weighted by atomic mass is 35.5. The zero-order valence-electron chi connectivity index (χ0n) is 35.3. The lowest BCUT2D eigenvalue weighted by molar-refractivity contribution is -0.138. The molecule has 0 radical (unpaired) electrons. The molecule has 0 heterocycles. The van der Waals surface area contributed by atoms with Gasteiger partial charge in [-0.2, -0.15) is 0 Å². The first-order valence-electron chi connectivity index (χ1n) is 20.5. The van der Waals surface area contributed by atoms with Gasteiger partial charge in [0, 0.05) is 23.6 Å². The molecule has 2 N–H and O–H groups in total. The third kappa shape index (κ3) is 13.8. The van der Waals surface area contributed by atoms with Crippen LogP contribution in [0.3, 0.4) is 0 Å². The molecule has 2 fully saturated rings. The van der Waals surface area contributed by atoms with E-state index in [-0.39, 0.29) is 10.1 Å². The van der Waals surface area contributed by atoms with Gasteiger partial charge in [-0.3, -0.25) is 4.79 Å². The van der Waals surface area contributed by atoms with Gasteiger partial charge < -0.3 is 19.3 Å². The van der Waals surface area contributed by atoms with E-state index in [4.69, 9.17) is 37.8 Å². The van der Waals surface area contributed by atoms with Crippen LogP contribution in [0, 0.1) is 11.8 Å². The van der Waals surface area contributed by atoms with Gasteiger partial charge in [0.15, 0.2) is 0 Å². The lowest BCUT2D eigenvalue weighted by Crippen LogP contribution is -2.43. The van der Waals surface area contributed by atoms with Crippen molar-refractivity contribution in [3.63, 3.8) is 0 Å². The summed E-state index contributed by atoms with van der Waals surface area (Å²) in [6, 6.07) is 25.3. The quantitative estimate of drug-likeness (QED) is 0.148. The van der Waals surface area contributed by atoms with Crippen LogP contribution in [0.1, 0.15) is 129 Å². The summed E-state index contributed by atoms with van der Waals surface area (Å²) in [5, 5.41) is 13.4. The number of hydrogen-bond donors (Lipinski definition) is 2. The molecule has 0 bridgehead atoms. The van der Waals surface area contributed by atoms with E-state index in [1.165, 1.54) is 36.8 Å². The minimum atomic E-state index is -1.78. The first kappa shape index (κ1) is 45.1. The Morgan fingerprint density at radius 2 is 1.09 bits per heavy atom. The molecule has 9 heteroatoms. The van der Waals surface area contributed by atoms with Gasteiger partial charge in [-0.1, -0.05) is 95.7 Å². The van der Waals surface area contributed by atoms with Crippen LogP contribution in [0.2, 0.25) is 41.3 Å². The van der Waals surface area contributed by atoms with E-state index >= 15 is 0 Å². The van der Waals surface area contributed by atoms with Crippen molar-refractivity contribution in [1.82, 2.24) is 0 Å². The summed E-state index contributed by atoms with van der Waals surface area (Å²) in [6.45, 7) is 22.7. The average molecular weight is 823 g/mol. The van der Waals surface area contributed by atoms with Crippen LogP contribution in [0.25, 0.3) is 0 Å². The van der Waals surface area contributed by atoms with Crippen LogP contribution in [-0.2, 0) is 4.79 Å². The summed E-state index contributed by atoms with van der Waals surface area (Å²) in [5.74, 6) is 3.57. The molecule has 0 saturated heterocycles. The Morgan fingerprint density at radius 3 is 1.45 bits per heavy atom. The van der Waals surface area contributed by atoms with Gasteiger partial charge in [-0.25, -0.2) is 0 Å². The van der Waals surface area contributed by atoms with Crippen LogP contribution in [0.15, 0.2) is 72.8 Å². The van der Waals surface area contributed by atoms with Crippen LogP contribution in [0.5, 0.6) is 11.5 Å². The van der Waals surface area contributed by atoms with Gasteiger partial charge in [0.1, 0.15) is 11.5 Å². The summed E-state index contributed by atoms with van der Waals surface area (Å²) in [7, 11) is -3.57. The normalized spacial score (nSPS) is 20.8. The summed E-state index contributed by atoms with van der Waals surface area (Å²) in [6.07, 6.45) is 10.4. The summed E-state index contributed by atoms with van der Waals surface area (Å²) < 4.78 is 12.8. The molecule has 5 rings (SSSR count). The summed E-state index contributed by atoms with van der Waals surface area (Å²) in [5.41, 5.74) is 3.79. The summed E-state index contributed by atoms with van der Waals surface area (Å²) >= 11 is 11.7. The number of carboxylic acid groups (broad SMARTS) is 1. The Morgan fingerprint density at radius 1 is 0.691 bits per heavy atom. The van der Waals surface area contributed by atoms with Crippen molar-refractivity contribution >= 4 is 57.1 Å². The second kappa shape index (κ2) is 19.2. The molecule has 0 aromatic heterocycles. The highest BCUT2D eigenvalue weighted by Crippen LogP contribution is 2.42. The monoisotopic (exact) mass is 821 g/mol. The van der Waals surface area contributed by atoms with Gasteiger partial charge >= 0.3 is 5.97 Å². The third-order valence-electron chi connectivity index (χ3n) is 12.8. The molecule has 2 saturated carbocycles. The minimum absolute atomic E-state index is 0.203. The number of benzene rings is 3. The van der Waals surface area contributed by atoms with Gasteiger partial charge in [0.05, 0.1) is 4.99 Å². The van der Waals surface area contributed by atoms with Crippen molar-refractivity contribution < 1.29 is 18.8 Å². The van der Waals surface area contributed by atoms with E-state index in [1.54, 1.807) is 0 Å². The zero-order chi connectivity index (χ0) is 40.6. The molecule has 55 heavy (non-hydrogen) atoms. The number of aliphatic carboxylic acids is 1. The van der Waals surface area contributed by atoms with Crippen LogP contribution in [-0.4, -0.2) is 32.7 Å². The van der Waals surface area contributed by atoms with Crippen molar-refractivity contribution in [2.24, 2.45) is 11.8 Å². The fourth-order valence-electron chi connectivity index (χ4n) is 7.20. The van der Waals surface area contributed by atoms with Gasteiger partial charge in [0.2, 0.25) is 16.6 Å².